The molecule has 3 nitrogen and oxygen atoms in total. The van der Waals surface area contributed by atoms with Crippen LogP contribution in [0.4, 0.5) is 5.69 Å². The number of nitrogens with two attached hydrogens (primary N) is 1. The van der Waals surface area contributed by atoms with E-state index in [9.17, 15) is 0 Å². The zero-order valence-electron chi connectivity index (χ0n) is 11.9. The number of ether oxygens (including phenoxy) is 1. The zero-order chi connectivity index (χ0) is 14.7. The summed E-state index contributed by atoms with van der Waals surface area (Å²) >= 11 is 0. The van der Waals surface area contributed by atoms with Crippen molar-refractivity contribution in [3.8, 4) is 11.8 Å². The van der Waals surface area contributed by atoms with Crippen LogP contribution < -0.4 is 10.5 Å². The molecule has 2 aromatic rings. The van der Waals surface area contributed by atoms with Gasteiger partial charge < -0.3 is 10.5 Å². The van der Waals surface area contributed by atoms with Crippen molar-refractivity contribution in [3.63, 3.8) is 0 Å². The van der Waals surface area contributed by atoms with E-state index in [1.807, 2.05) is 0 Å². The van der Waals surface area contributed by atoms with Crippen LogP contribution in [0.5, 0.6) is 5.75 Å². The van der Waals surface area contributed by atoms with Gasteiger partial charge in [-0.15, -0.1) is 0 Å². The highest BCUT2D eigenvalue weighted by atomic mass is 16.5. The number of benzene rings is 2. The number of anilines is 1. The topological polar surface area (TPSA) is 59.0 Å². The molecule has 0 aromatic heterocycles. The van der Waals surface area contributed by atoms with E-state index in [0.717, 1.165) is 12.8 Å². The molecule has 3 heteroatoms. The van der Waals surface area contributed by atoms with Gasteiger partial charge in [-0.05, 0) is 48.6 Å². The molecule has 1 aliphatic carbocycles. The Morgan fingerprint density at radius 1 is 1.24 bits per heavy atom. The first-order valence-electron chi connectivity index (χ1n) is 7.28. The summed E-state index contributed by atoms with van der Waals surface area (Å²) in [5.41, 5.74) is 9.85. The number of aryl methyl sites for hydroxylation is 1. The van der Waals surface area contributed by atoms with E-state index in [1.54, 1.807) is 18.2 Å². The average molecular weight is 278 g/mol. The molecule has 106 valence electrons. The molecule has 2 aromatic carbocycles. The fourth-order valence-electron chi connectivity index (χ4n) is 2.97. The van der Waals surface area contributed by atoms with Crippen LogP contribution in [0.25, 0.3) is 0 Å². The maximum absolute atomic E-state index is 8.85. The second kappa shape index (κ2) is 5.88. The summed E-state index contributed by atoms with van der Waals surface area (Å²) in [5, 5.41) is 8.85. The summed E-state index contributed by atoms with van der Waals surface area (Å²) in [4.78, 5) is 0. The highest BCUT2D eigenvalue weighted by molar-refractivity contribution is 5.56. The van der Waals surface area contributed by atoms with Gasteiger partial charge >= 0.3 is 0 Å². The monoisotopic (exact) mass is 278 g/mol. The van der Waals surface area contributed by atoms with Gasteiger partial charge in [0.2, 0.25) is 0 Å². The fourth-order valence-corrected chi connectivity index (χ4v) is 2.97. The first-order valence-corrected chi connectivity index (χ1v) is 7.28. The van der Waals surface area contributed by atoms with Crippen molar-refractivity contribution in [2.75, 3.05) is 12.3 Å². The Morgan fingerprint density at radius 2 is 2.10 bits per heavy atom. The highest BCUT2D eigenvalue weighted by Gasteiger charge is 2.20. The summed E-state index contributed by atoms with van der Waals surface area (Å²) in [7, 11) is 0. The standard InChI is InChI=1S/C18H18N2O/c19-11-13-8-9-18(17(20)10-13)21-12-15-6-3-5-14-4-1-2-7-16(14)15/h1-2,4,7-10,15H,3,5-6,12,20H2. The number of hydrogen-bond donors (Lipinski definition) is 1. The number of hydrogen-bond acceptors (Lipinski definition) is 3. The third-order valence-electron chi connectivity index (χ3n) is 4.07. The van der Waals surface area contributed by atoms with Gasteiger partial charge in [0.15, 0.2) is 0 Å². The summed E-state index contributed by atoms with van der Waals surface area (Å²) in [6.45, 7) is 0.632. The fraction of sp³-hybridized carbons (Fsp3) is 0.278. The molecule has 0 spiro atoms. The Hall–Kier alpha value is -2.47. The minimum Gasteiger partial charge on any atom is -0.491 e. The molecule has 1 aliphatic rings. The Kier molecular flexibility index (Phi) is 3.79. The van der Waals surface area contributed by atoms with Crippen LogP contribution in [-0.2, 0) is 6.42 Å². The van der Waals surface area contributed by atoms with E-state index in [0.29, 0.717) is 29.5 Å². The van der Waals surface area contributed by atoms with Gasteiger partial charge in [0.1, 0.15) is 5.75 Å². The molecular formula is C18H18N2O. The second-order valence-electron chi connectivity index (χ2n) is 5.46. The molecule has 0 bridgehead atoms. The minimum atomic E-state index is 0.421. The number of fused-ring (bicyclic) bond motifs is 1. The quantitative estimate of drug-likeness (QED) is 0.872. The normalized spacial score (nSPS) is 16.8. The van der Waals surface area contributed by atoms with Gasteiger partial charge in [0, 0.05) is 5.92 Å². The van der Waals surface area contributed by atoms with Crippen molar-refractivity contribution in [1.29, 1.82) is 5.26 Å². The van der Waals surface area contributed by atoms with E-state index in [-0.39, 0.29) is 0 Å². The minimum absolute atomic E-state index is 0.421. The smallest absolute Gasteiger partial charge is 0.142 e. The Labute approximate surface area is 125 Å². The maximum atomic E-state index is 8.85. The molecule has 0 amide bonds. The van der Waals surface area contributed by atoms with Crippen LogP contribution in [-0.4, -0.2) is 6.61 Å². The van der Waals surface area contributed by atoms with Gasteiger partial charge in [0.25, 0.3) is 0 Å². The average Bonchev–Trinajstić information content (AvgIpc) is 2.53. The van der Waals surface area contributed by atoms with E-state index in [4.69, 9.17) is 15.7 Å². The molecule has 1 atom stereocenters. The molecular weight excluding hydrogens is 260 g/mol. The lowest BCUT2D eigenvalue weighted by Crippen LogP contribution is -2.17. The van der Waals surface area contributed by atoms with Crippen molar-refractivity contribution in [2.24, 2.45) is 0 Å². The molecule has 0 aliphatic heterocycles. The molecule has 0 saturated heterocycles. The lowest BCUT2D eigenvalue weighted by atomic mass is 9.83. The largest absolute Gasteiger partial charge is 0.491 e. The van der Waals surface area contributed by atoms with Crippen molar-refractivity contribution in [1.82, 2.24) is 0 Å². The third kappa shape index (κ3) is 2.85. The lowest BCUT2D eigenvalue weighted by molar-refractivity contribution is 0.276. The molecule has 0 fully saturated rings. The number of nitrogens with zero attached hydrogens (tertiary/aromatic N) is 1. The third-order valence-corrected chi connectivity index (χ3v) is 4.07. The molecule has 21 heavy (non-hydrogen) atoms. The van der Waals surface area contributed by atoms with Crippen LogP contribution in [0.15, 0.2) is 42.5 Å². The van der Waals surface area contributed by atoms with Crippen LogP contribution in [0, 0.1) is 11.3 Å². The van der Waals surface area contributed by atoms with Crippen LogP contribution in [0.3, 0.4) is 0 Å². The van der Waals surface area contributed by atoms with Gasteiger partial charge in [-0.3, -0.25) is 0 Å². The number of nitriles is 1. The van der Waals surface area contributed by atoms with E-state index in [2.05, 4.69) is 30.3 Å². The summed E-state index contributed by atoms with van der Waals surface area (Å²) < 4.78 is 5.90. The first kappa shape index (κ1) is 13.5. The maximum Gasteiger partial charge on any atom is 0.142 e. The van der Waals surface area contributed by atoms with Gasteiger partial charge in [0.05, 0.1) is 23.9 Å². The molecule has 0 saturated carbocycles. The molecule has 2 N–H and O–H groups in total. The van der Waals surface area contributed by atoms with Crippen molar-refractivity contribution < 1.29 is 4.74 Å². The van der Waals surface area contributed by atoms with E-state index < -0.39 is 0 Å². The van der Waals surface area contributed by atoms with Gasteiger partial charge in [-0.1, -0.05) is 24.3 Å². The van der Waals surface area contributed by atoms with Crippen molar-refractivity contribution in [3.05, 3.63) is 59.2 Å². The lowest BCUT2D eigenvalue weighted by Gasteiger charge is -2.25. The summed E-state index contributed by atoms with van der Waals surface area (Å²) in [6, 6.07) is 15.8. The Bertz CT molecular complexity index is 688. The summed E-state index contributed by atoms with van der Waals surface area (Å²) in [5.74, 6) is 1.09. The Morgan fingerprint density at radius 3 is 2.90 bits per heavy atom. The molecule has 3 rings (SSSR count). The Balaban J connectivity index is 1.73. The summed E-state index contributed by atoms with van der Waals surface area (Å²) in [6.07, 6.45) is 3.51. The second-order valence-corrected chi connectivity index (χ2v) is 5.46. The first-order chi connectivity index (χ1) is 10.3. The predicted molar refractivity (Wildman–Crippen MR) is 83.2 cm³/mol. The number of nitrogen functional groups attached to an aromatic ring is 1. The highest BCUT2D eigenvalue weighted by Crippen LogP contribution is 2.32. The molecule has 0 heterocycles. The SMILES string of the molecule is N#Cc1ccc(OCC2CCCc3ccccc32)c(N)c1. The van der Waals surface area contributed by atoms with E-state index in [1.165, 1.54) is 17.5 Å². The van der Waals surface area contributed by atoms with Crippen molar-refractivity contribution >= 4 is 5.69 Å². The molecule has 1 unspecified atom stereocenters. The van der Waals surface area contributed by atoms with Crippen LogP contribution >= 0.6 is 0 Å². The number of rotatable bonds is 3. The van der Waals surface area contributed by atoms with Crippen LogP contribution in [0.2, 0.25) is 0 Å². The zero-order valence-corrected chi connectivity index (χ0v) is 11.9. The van der Waals surface area contributed by atoms with Crippen LogP contribution in [0.1, 0.15) is 35.4 Å². The van der Waals surface area contributed by atoms with Gasteiger partial charge in [-0.25, -0.2) is 0 Å². The van der Waals surface area contributed by atoms with Gasteiger partial charge in [-0.2, -0.15) is 5.26 Å². The predicted octanol–water partition coefficient (Wildman–Crippen LogP) is 3.64. The van der Waals surface area contributed by atoms with Crippen molar-refractivity contribution in [2.45, 2.75) is 25.2 Å². The van der Waals surface area contributed by atoms with E-state index >= 15 is 0 Å². The molecule has 0 radical (unpaired) electrons.